The molecule has 0 radical (unpaired) electrons. The molecule has 0 aliphatic heterocycles. The van der Waals surface area contributed by atoms with E-state index in [4.69, 9.17) is 4.74 Å². The standard InChI is InChI=1S/C32H50O4/c1-9-36-22-18-20-21-19-29(5,26(34)35)15-14-28(21,4)16-17-31(20,7)32(8)13-10-23-27(2,3)24(33)11-12-30(23,6)25(22)32/h18,21-23,25H,9-17,19H2,1-8H3,(H,34,35)/t21-,22+,23-,25+,28+,29-,30-,31+,32+/m0/s1. The number of carboxylic acids is 1. The molecule has 0 spiro atoms. The highest BCUT2D eigenvalue weighted by Crippen LogP contribution is 2.75. The van der Waals surface area contributed by atoms with E-state index in [9.17, 15) is 14.7 Å². The second kappa shape index (κ2) is 7.93. The molecule has 4 saturated carbocycles. The normalized spacial score (nSPS) is 51.8. The van der Waals surface area contributed by atoms with Gasteiger partial charge in [-0.3, -0.25) is 9.59 Å². The van der Waals surface area contributed by atoms with Crippen LogP contribution in [0.5, 0.6) is 0 Å². The lowest BCUT2D eigenvalue weighted by atomic mass is 9.33. The van der Waals surface area contributed by atoms with E-state index in [1.807, 2.05) is 6.92 Å². The molecule has 9 atom stereocenters. The van der Waals surface area contributed by atoms with Crippen molar-refractivity contribution in [2.24, 2.45) is 50.2 Å². The van der Waals surface area contributed by atoms with Crippen molar-refractivity contribution >= 4 is 11.8 Å². The third kappa shape index (κ3) is 3.21. The molecule has 0 aromatic rings. The van der Waals surface area contributed by atoms with Gasteiger partial charge in [-0.15, -0.1) is 0 Å². The number of ether oxygens (including phenoxy) is 1. The van der Waals surface area contributed by atoms with E-state index in [1.165, 1.54) is 18.4 Å². The number of aliphatic carboxylic acids is 1. The predicted molar refractivity (Wildman–Crippen MR) is 142 cm³/mol. The van der Waals surface area contributed by atoms with Gasteiger partial charge in [0.05, 0.1) is 11.5 Å². The maximum absolute atomic E-state index is 13.1. The quantitative estimate of drug-likeness (QED) is 0.410. The summed E-state index contributed by atoms with van der Waals surface area (Å²) < 4.78 is 6.66. The number of carbonyl (C=O) groups excluding carboxylic acids is 1. The van der Waals surface area contributed by atoms with Crippen molar-refractivity contribution in [2.75, 3.05) is 6.61 Å². The van der Waals surface area contributed by atoms with Crippen LogP contribution in [0.3, 0.4) is 0 Å². The van der Waals surface area contributed by atoms with Gasteiger partial charge in [0, 0.05) is 24.4 Å². The predicted octanol–water partition coefficient (Wildman–Crippen LogP) is 7.46. The molecule has 4 heteroatoms. The van der Waals surface area contributed by atoms with Gasteiger partial charge < -0.3 is 9.84 Å². The Labute approximate surface area is 219 Å². The second-order valence-corrected chi connectivity index (χ2v) is 15.3. The Morgan fingerprint density at radius 3 is 2.31 bits per heavy atom. The van der Waals surface area contributed by atoms with Crippen LogP contribution in [0.25, 0.3) is 0 Å². The Balaban J connectivity index is 1.66. The number of fused-ring (bicyclic) bond motifs is 7. The minimum absolute atomic E-state index is 0.0280. The van der Waals surface area contributed by atoms with Crippen molar-refractivity contribution in [2.45, 2.75) is 119 Å². The summed E-state index contributed by atoms with van der Waals surface area (Å²) in [6, 6.07) is 0. The number of hydrogen-bond donors (Lipinski definition) is 1. The molecule has 36 heavy (non-hydrogen) atoms. The van der Waals surface area contributed by atoms with E-state index in [2.05, 4.69) is 54.5 Å². The molecule has 1 N–H and O–H groups in total. The van der Waals surface area contributed by atoms with Gasteiger partial charge in [0.2, 0.25) is 0 Å². The van der Waals surface area contributed by atoms with Crippen molar-refractivity contribution in [3.8, 4) is 0 Å². The fourth-order valence-corrected chi connectivity index (χ4v) is 10.7. The van der Waals surface area contributed by atoms with Crippen LogP contribution in [0.1, 0.15) is 113 Å². The SMILES string of the molecule is CCO[C@@H]1C=C2[C@@H]3C[C@@](C)(C(=O)O)CC[C@]3(C)CC[C@@]2(C)[C@]2(C)CC[C@H]3C(C)(C)C(=O)CC[C@]3(C)[C@@H]12. The van der Waals surface area contributed by atoms with Crippen LogP contribution in [0.15, 0.2) is 11.6 Å². The Bertz CT molecular complexity index is 996. The second-order valence-electron chi connectivity index (χ2n) is 15.3. The summed E-state index contributed by atoms with van der Waals surface area (Å²) in [4.78, 5) is 25.4. The first-order valence-electron chi connectivity index (χ1n) is 14.7. The average molecular weight is 499 g/mol. The number of Topliss-reactive ketones (excluding diaryl/α,β-unsaturated/α-hetero) is 1. The first kappa shape index (κ1) is 26.4. The van der Waals surface area contributed by atoms with Crippen LogP contribution in [0.4, 0.5) is 0 Å². The zero-order valence-corrected chi connectivity index (χ0v) is 24.1. The monoisotopic (exact) mass is 498 g/mol. The highest BCUT2D eigenvalue weighted by Gasteiger charge is 2.70. The van der Waals surface area contributed by atoms with Crippen molar-refractivity contribution in [3.63, 3.8) is 0 Å². The molecule has 4 nitrogen and oxygen atoms in total. The van der Waals surface area contributed by atoms with Gasteiger partial charge in [0.25, 0.3) is 0 Å². The minimum atomic E-state index is -0.653. The van der Waals surface area contributed by atoms with Gasteiger partial charge in [-0.05, 0) is 98.7 Å². The van der Waals surface area contributed by atoms with E-state index >= 15 is 0 Å². The summed E-state index contributed by atoms with van der Waals surface area (Å²) in [6.45, 7) is 19.1. The average Bonchev–Trinajstić information content (AvgIpc) is 2.79. The molecule has 0 aromatic heterocycles. The molecule has 0 aromatic carbocycles. The number of carbonyl (C=O) groups is 2. The van der Waals surface area contributed by atoms with E-state index < -0.39 is 11.4 Å². The highest BCUT2D eigenvalue weighted by atomic mass is 16.5. The molecule has 0 unspecified atom stereocenters. The van der Waals surface area contributed by atoms with Gasteiger partial charge in [0.15, 0.2) is 0 Å². The van der Waals surface area contributed by atoms with Gasteiger partial charge in [-0.1, -0.05) is 53.2 Å². The maximum Gasteiger partial charge on any atom is 0.309 e. The maximum atomic E-state index is 13.1. The van der Waals surface area contributed by atoms with Crippen LogP contribution in [-0.2, 0) is 14.3 Å². The first-order chi connectivity index (χ1) is 16.6. The Morgan fingerprint density at radius 2 is 1.67 bits per heavy atom. The summed E-state index contributed by atoms with van der Waals surface area (Å²) in [5.74, 6) is 0.833. The van der Waals surface area contributed by atoms with E-state index in [0.29, 0.717) is 36.6 Å². The third-order valence-electron chi connectivity index (χ3n) is 13.4. The number of ketones is 1. The zero-order chi connectivity index (χ0) is 26.5. The fraction of sp³-hybridized carbons (Fsp3) is 0.875. The third-order valence-corrected chi connectivity index (χ3v) is 13.4. The van der Waals surface area contributed by atoms with Gasteiger partial charge in [-0.2, -0.15) is 0 Å². The van der Waals surface area contributed by atoms with Crippen molar-refractivity contribution in [1.82, 2.24) is 0 Å². The van der Waals surface area contributed by atoms with E-state index in [1.54, 1.807) is 0 Å². The number of rotatable bonds is 3. The van der Waals surface area contributed by atoms with Crippen molar-refractivity contribution in [3.05, 3.63) is 11.6 Å². The van der Waals surface area contributed by atoms with Crippen molar-refractivity contribution < 1.29 is 19.4 Å². The fourth-order valence-electron chi connectivity index (χ4n) is 10.7. The Hall–Kier alpha value is -1.16. The molecule has 5 aliphatic carbocycles. The molecular weight excluding hydrogens is 448 g/mol. The molecule has 0 saturated heterocycles. The van der Waals surface area contributed by atoms with Crippen molar-refractivity contribution in [1.29, 1.82) is 0 Å². The van der Waals surface area contributed by atoms with Gasteiger partial charge in [0.1, 0.15) is 5.78 Å². The molecule has 0 amide bonds. The lowest BCUT2D eigenvalue weighted by Crippen LogP contribution is -2.67. The molecule has 5 rings (SSSR count). The molecule has 202 valence electrons. The lowest BCUT2D eigenvalue weighted by molar-refractivity contribution is -0.213. The molecule has 4 fully saturated rings. The summed E-state index contributed by atoms with van der Waals surface area (Å²) in [5, 5.41) is 10.2. The first-order valence-corrected chi connectivity index (χ1v) is 14.7. The number of allylic oxidation sites excluding steroid dienone is 1. The summed E-state index contributed by atoms with van der Waals surface area (Å²) in [7, 11) is 0. The van der Waals surface area contributed by atoms with Crippen LogP contribution >= 0.6 is 0 Å². The largest absolute Gasteiger partial charge is 0.481 e. The summed E-state index contributed by atoms with van der Waals surface area (Å²) in [5.41, 5.74) is 0.892. The Kier molecular flexibility index (Phi) is 5.83. The smallest absolute Gasteiger partial charge is 0.309 e. The van der Waals surface area contributed by atoms with Crippen LogP contribution in [0.2, 0.25) is 0 Å². The van der Waals surface area contributed by atoms with E-state index in [0.717, 1.165) is 38.5 Å². The molecular formula is C32H50O4. The highest BCUT2D eigenvalue weighted by molar-refractivity contribution is 5.85. The van der Waals surface area contributed by atoms with Gasteiger partial charge >= 0.3 is 5.97 Å². The zero-order valence-electron chi connectivity index (χ0n) is 24.1. The van der Waals surface area contributed by atoms with Gasteiger partial charge in [-0.25, -0.2) is 0 Å². The number of carboxylic acid groups (broad SMARTS) is 1. The molecule has 0 heterocycles. The molecule has 5 aliphatic rings. The topological polar surface area (TPSA) is 63.6 Å². The van der Waals surface area contributed by atoms with E-state index in [-0.39, 0.29) is 33.2 Å². The molecule has 0 bridgehead atoms. The van der Waals surface area contributed by atoms with Crippen LogP contribution < -0.4 is 0 Å². The summed E-state index contributed by atoms with van der Waals surface area (Å²) in [6.07, 6.45) is 11.2. The Morgan fingerprint density at radius 1 is 1.00 bits per heavy atom. The van der Waals surface area contributed by atoms with Crippen LogP contribution in [0, 0.1) is 50.2 Å². The lowest BCUT2D eigenvalue weighted by Gasteiger charge is -2.71. The summed E-state index contributed by atoms with van der Waals surface area (Å²) >= 11 is 0. The minimum Gasteiger partial charge on any atom is -0.481 e. The number of hydrogen-bond acceptors (Lipinski definition) is 3. The van der Waals surface area contributed by atoms with Crippen LogP contribution in [-0.4, -0.2) is 29.6 Å².